The van der Waals surface area contributed by atoms with Crippen molar-refractivity contribution in [3.8, 4) is 5.75 Å². The lowest BCUT2D eigenvalue weighted by Crippen LogP contribution is -2.51. The van der Waals surface area contributed by atoms with Crippen LogP contribution in [0.2, 0.25) is 0 Å². The maximum Gasteiger partial charge on any atom is 0.325 e. The summed E-state index contributed by atoms with van der Waals surface area (Å²) in [6.45, 7) is 5.50. The van der Waals surface area contributed by atoms with Gasteiger partial charge in [-0.1, -0.05) is 18.2 Å². The van der Waals surface area contributed by atoms with Gasteiger partial charge in [-0.2, -0.15) is 0 Å². The van der Waals surface area contributed by atoms with Crippen LogP contribution in [0.3, 0.4) is 0 Å². The number of carbonyl (C=O) groups excluding carboxylic acids is 4. The number of rotatable bonds is 7. The van der Waals surface area contributed by atoms with E-state index in [0.717, 1.165) is 37.0 Å². The van der Waals surface area contributed by atoms with Crippen molar-refractivity contribution in [1.29, 1.82) is 0 Å². The zero-order valence-corrected chi connectivity index (χ0v) is 20.7. The van der Waals surface area contributed by atoms with Crippen molar-refractivity contribution in [1.82, 2.24) is 20.0 Å². The number of hydrogen-bond acceptors (Lipinski definition) is 5. The molecular formula is C26H36N4O5. The Morgan fingerprint density at radius 2 is 1.71 bits per heavy atom. The summed E-state index contributed by atoms with van der Waals surface area (Å²) < 4.78 is 5.61. The van der Waals surface area contributed by atoms with Crippen LogP contribution in [0, 0.1) is 5.92 Å². The monoisotopic (exact) mass is 484 g/mol. The van der Waals surface area contributed by atoms with Gasteiger partial charge in [0.05, 0.1) is 0 Å². The standard InChI is InChI=1S/C26H36N4O5/c1-26(2)24(33)30(25(34)27-26)17-13-22(31)29-14-7-6-10-21(29)19-11-15-28(16-12-19)23(32)18-35-20-8-4-3-5-9-20/h3-5,8-9,19,21H,6-7,10-18H2,1-2H3,(H,27,34)/t21-/m0/s1. The van der Waals surface area contributed by atoms with Crippen molar-refractivity contribution in [2.45, 2.75) is 64.0 Å². The van der Waals surface area contributed by atoms with Gasteiger partial charge in [0.1, 0.15) is 11.3 Å². The van der Waals surface area contributed by atoms with Crippen molar-refractivity contribution in [2.24, 2.45) is 5.92 Å². The molecule has 0 radical (unpaired) electrons. The zero-order chi connectivity index (χ0) is 25.0. The number of nitrogens with zero attached hydrogens (tertiary/aromatic N) is 3. The van der Waals surface area contributed by atoms with Gasteiger partial charge in [-0.05, 0) is 64.0 Å². The number of urea groups is 1. The Morgan fingerprint density at radius 3 is 2.37 bits per heavy atom. The number of imide groups is 1. The zero-order valence-electron chi connectivity index (χ0n) is 20.7. The van der Waals surface area contributed by atoms with Gasteiger partial charge in [-0.15, -0.1) is 0 Å². The minimum Gasteiger partial charge on any atom is -0.484 e. The van der Waals surface area contributed by atoms with Crippen LogP contribution < -0.4 is 10.1 Å². The minimum absolute atomic E-state index is 0.00484. The fourth-order valence-corrected chi connectivity index (χ4v) is 5.42. The molecule has 0 aromatic heterocycles. The van der Waals surface area contributed by atoms with Crippen LogP contribution in [0.15, 0.2) is 30.3 Å². The molecule has 5 amide bonds. The molecule has 3 saturated heterocycles. The molecule has 0 bridgehead atoms. The molecule has 35 heavy (non-hydrogen) atoms. The maximum atomic E-state index is 13.2. The van der Waals surface area contributed by atoms with Gasteiger partial charge in [0.15, 0.2) is 6.61 Å². The molecule has 1 aromatic rings. The van der Waals surface area contributed by atoms with Crippen molar-refractivity contribution in [3.05, 3.63) is 30.3 Å². The van der Waals surface area contributed by atoms with E-state index >= 15 is 0 Å². The Morgan fingerprint density at radius 1 is 1.00 bits per heavy atom. The lowest BCUT2D eigenvalue weighted by atomic mass is 9.83. The number of hydrogen-bond donors (Lipinski definition) is 1. The number of ether oxygens (including phenoxy) is 1. The summed E-state index contributed by atoms with van der Waals surface area (Å²) >= 11 is 0. The Kier molecular flexibility index (Phi) is 7.62. The minimum atomic E-state index is -0.925. The van der Waals surface area contributed by atoms with Crippen LogP contribution >= 0.6 is 0 Å². The van der Waals surface area contributed by atoms with Crippen molar-refractivity contribution in [2.75, 3.05) is 32.8 Å². The molecule has 1 atom stereocenters. The van der Waals surface area contributed by atoms with E-state index in [-0.39, 0.29) is 43.3 Å². The van der Waals surface area contributed by atoms with Crippen LogP contribution in [0.1, 0.15) is 52.4 Å². The molecule has 4 rings (SSSR count). The Bertz CT molecular complexity index is 942. The summed E-state index contributed by atoms with van der Waals surface area (Å²) in [5.74, 6) is 0.715. The number of para-hydroxylation sites is 1. The first-order chi connectivity index (χ1) is 16.8. The fraction of sp³-hybridized carbons (Fsp3) is 0.615. The normalized spacial score (nSPS) is 22.8. The molecular weight excluding hydrogens is 448 g/mol. The molecule has 3 fully saturated rings. The average molecular weight is 485 g/mol. The fourth-order valence-electron chi connectivity index (χ4n) is 5.42. The van der Waals surface area contributed by atoms with E-state index < -0.39 is 11.6 Å². The SMILES string of the molecule is CC1(C)NC(=O)N(CCC(=O)N2CCCC[C@H]2C2CCN(C(=O)COc3ccccc3)CC2)C1=O. The third-order valence-corrected chi connectivity index (χ3v) is 7.41. The second-order valence-electron chi connectivity index (χ2n) is 10.2. The molecule has 9 heteroatoms. The molecule has 1 N–H and O–H groups in total. The number of carbonyl (C=O) groups is 4. The second kappa shape index (κ2) is 10.7. The highest BCUT2D eigenvalue weighted by atomic mass is 16.5. The van der Waals surface area contributed by atoms with Crippen LogP contribution in [0.4, 0.5) is 4.79 Å². The first kappa shape index (κ1) is 25.0. The third-order valence-electron chi connectivity index (χ3n) is 7.41. The third kappa shape index (κ3) is 5.77. The van der Waals surface area contributed by atoms with Crippen molar-refractivity contribution < 1.29 is 23.9 Å². The predicted octanol–water partition coefficient (Wildman–Crippen LogP) is 2.41. The number of benzene rings is 1. The maximum absolute atomic E-state index is 13.2. The summed E-state index contributed by atoms with van der Waals surface area (Å²) in [6.07, 6.45) is 4.85. The van der Waals surface area contributed by atoms with Gasteiger partial charge in [-0.3, -0.25) is 19.3 Å². The molecule has 0 unspecified atom stereocenters. The Labute approximate surface area is 206 Å². The van der Waals surface area contributed by atoms with Gasteiger partial charge in [-0.25, -0.2) is 4.79 Å². The van der Waals surface area contributed by atoms with Gasteiger partial charge in [0.2, 0.25) is 5.91 Å². The second-order valence-corrected chi connectivity index (χ2v) is 10.2. The highest BCUT2D eigenvalue weighted by Gasteiger charge is 2.44. The molecule has 3 aliphatic heterocycles. The molecule has 9 nitrogen and oxygen atoms in total. The number of nitrogens with one attached hydrogen (secondary N) is 1. The molecule has 0 aliphatic carbocycles. The lowest BCUT2D eigenvalue weighted by molar-refractivity contribution is -0.140. The highest BCUT2D eigenvalue weighted by Crippen LogP contribution is 2.31. The van der Waals surface area contributed by atoms with Crippen molar-refractivity contribution in [3.63, 3.8) is 0 Å². The number of likely N-dealkylation sites (tertiary alicyclic amines) is 2. The van der Waals surface area contributed by atoms with Crippen molar-refractivity contribution >= 4 is 23.8 Å². The van der Waals surface area contributed by atoms with E-state index in [9.17, 15) is 19.2 Å². The van der Waals surface area contributed by atoms with Gasteiger partial charge in [0, 0.05) is 38.6 Å². The predicted molar refractivity (Wildman–Crippen MR) is 130 cm³/mol. The number of amides is 5. The quantitative estimate of drug-likeness (QED) is 0.599. The molecule has 3 heterocycles. The number of piperidine rings is 2. The summed E-state index contributed by atoms with van der Waals surface area (Å²) in [7, 11) is 0. The van der Waals surface area contributed by atoms with Crippen LogP contribution in [0.5, 0.6) is 5.75 Å². The van der Waals surface area contributed by atoms with Crippen LogP contribution in [-0.4, -0.2) is 82.8 Å². The summed E-state index contributed by atoms with van der Waals surface area (Å²) in [6, 6.07) is 9.04. The molecule has 0 spiro atoms. The van der Waals surface area contributed by atoms with Crippen LogP contribution in [0.25, 0.3) is 0 Å². The van der Waals surface area contributed by atoms with Gasteiger partial charge < -0.3 is 19.9 Å². The molecule has 190 valence electrons. The highest BCUT2D eigenvalue weighted by molar-refractivity contribution is 6.06. The Balaban J connectivity index is 1.27. The summed E-state index contributed by atoms with van der Waals surface area (Å²) in [4.78, 5) is 55.3. The summed E-state index contributed by atoms with van der Waals surface area (Å²) in [5, 5.41) is 2.66. The van der Waals surface area contributed by atoms with E-state index in [1.165, 1.54) is 0 Å². The first-order valence-electron chi connectivity index (χ1n) is 12.7. The Hall–Kier alpha value is -3.10. The molecule has 3 aliphatic rings. The van der Waals surface area contributed by atoms with E-state index in [2.05, 4.69) is 5.32 Å². The van der Waals surface area contributed by atoms with E-state index in [4.69, 9.17) is 4.74 Å². The lowest BCUT2D eigenvalue weighted by Gasteiger charge is -2.44. The topological polar surface area (TPSA) is 99.3 Å². The van der Waals surface area contributed by atoms with E-state index in [0.29, 0.717) is 31.3 Å². The van der Waals surface area contributed by atoms with Gasteiger partial charge >= 0.3 is 6.03 Å². The molecule has 0 saturated carbocycles. The summed E-state index contributed by atoms with van der Waals surface area (Å²) in [5.41, 5.74) is -0.925. The van der Waals surface area contributed by atoms with E-state index in [1.54, 1.807) is 13.8 Å². The average Bonchev–Trinajstić information content (AvgIpc) is 3.07. The van der Waals surface area contributed by atoms with Crippen LogP contribution in [-0.2, 0) is 14.4 Å². The smallest absolute Gasteiger partial charge is 0.325 e. The largest absolute Gasteiger partial charge is 0.484 e. The van der Waals surface area contributed by atoms with Gasteiger partial charge in [0.25, 0.3) is 11.8 Å². The molecule has 1 aromatic carbocycles. The van der Waals surface area contributed by atoms with E-state index in [1.807, 2.05) is 40.1 Å². The first-order valence-corrected chi connectivity index (χ1v) is 12.7.